The lowest BCUT2D eigenvalue weighted by molar-refractivity contribution is -0.139. The van der Waals surface area contributed by atoms with E-state index in [0.29, 0.717) is 0 Å². The van der Waals surface area contributed by atoms with Crippen molar-refractivity contribution in [2.75, 3.05) is 0 Å². The Balaban J connectivity index is 0. The lowest BCUT2D eigenvalue weighted by Crippen LogP contribution is -2.30. The van der Waals surface area contributed by atoms with Crippen LogP contribution in [0.1, 0.15) is 12.8 Å². The van der Waals surface area contributed by atoms with Crippen LogP contribution in [0.5, 0.6) is 0 Å². The van der Waals surface area contributed by atoms with Gasteiger partial charge in [0, 0.05) is 17.4 Å². The normalized spacial score (nSPS) is 11.4. The monoisotopic (exact) mass is 175 g/mol. The number of hydrogen-bond donors (Lipinski definition) is 3. The maximum Gasteiger partial charge on any atom is 0.320 e. The summed E-state index contributed by atoms with van der Waals surface area (Å²) in [5.41, 5.74) is 5.00. The number of carboxylic acids is 2. The molecule has 0 aromatic heterocycles. The minimum atomic E-state index is -1.17. The molecule has 0 heterocycles. The van der Waals surface area contributed by atoms with Gasteiger partial charge in [-0.15, -0.1) is 0 Å². The zero-order valence-corrected chi connectivity index (χ0v) is 6.78. The highest BCUT2D eigenvalue weighted by molar-refractivity contribution is 5.75. The van der Waals surface area contributed by atoms with Crippen LogP contribution in [0.15, 0.2) is 0 Å². The molecule has 0 unspecified atom stereocenters. The highest BCUT2D eigenvalue weighted by Gasteiger charge is 2.12. The van der Waals surface area contributed by atoms with Crippen molar-refractivity contribution in [1.82, 2.24) is 0 Å². The van der Waals surface area contributed by atoms with Gasteiger partial charge >= 0.3 is 11.9 Å². The molecule has 0 aromatic carbocycles. The Morgan fingerprint density at radius 3 is 2.09 bits per heavy atom. The third-order valence-electron chi connectivity index (χ3n) is 0.986. The predicted molar refractivity (Wildman–Crippen MR) is 38.2 cm³/mol. The summed E-state index contributed by atoms with van der Waals surface area (Å²) in [5, 5.41) is 16.3. The number of carboxylic acid groups (broad SMARTS) is 2. The quantitative estimate of drug-likeness (QED) is 0.470. The molecule has 0 saturated carbocycles. The largest absolute Gasteiger partial charge is 0.481 e. The fraction of sp³-hybridized carbons (Fsp3) is 0.600. The van der Waals surface area contributed by atoms with E-state index in [0.717, 1.165) is 0 Å². The molecule has 0 spiro atoms. The number of nitrogens with two attached hydrogens (primary N) is 1. The molecule has 0 rings (SSSR count). The van der Waals surface area contributed by atoms with E-state index in [1.807, 2.05) is 0 Å². The van der Waals surface area contributed by atoms with Gasteiger partial charge in [0.05, 0.1) is 0 Å². The lowest BCUT2D eigenvalue weighted by Gasteiger charge is -2.01. The predicted octanol–water partition coefficient (Wildman–Crippen LogP) is -1.12. The highest BCUT2D eigenvalue weighted by Crippen LogP contribution is 1.93. The van der Waals surface area contributed by atoms with Crippen molar-refractivity contribution in [1.29, 1.82) is 0 Å². The Kier molecular flexibility index (Phi) is 6.81. The smallest absolute Gasteiger partial charge is 0.320 e. The van der Waals surface area contributed by atoms with Crippen LogP contribution in [-0.4, -0.2) is 39.2 Å². The van der Waals surface area contributed by atoms with Crippen molar-refractivity contribution in [3.8, 4) is 0 Å². The van der Waals surface area contributed by atoms with Gasteiger partial charge in [-0.25, -0.2) is 0 Å². The standard InChI is InChI=1S/C5H9NO4.Si/c6-3(5(9)10)1-2-4(7)8;/h3H,1-2,6H2,(H,7,8)(H,9,10);/t3-;/m0./s1. The minimum absolute atomic E-state index is 0. The number of aliphatic carboxylic acids is 2. The van der Waals surface area contributed by atoms with Gasteiger partial charge in [0.2, 0.25) is 0 Å². The highest BCUT2D eigenvalue weighted by atomic mass is 28.1. The third-order valence-corrected chi connectivity index (χ3v) is 0.986. The average Bonchev–Trinajstić information content (AvgIpc) is 1.82. The van der Waals surface area contributed by atoms with Crippen LogP contribution in [0.4, 0.5) is 0 Å². The van der Waals surface area contributed by atoms with E-state index in [1.54, 1.807) is 0 Å². The summed E-state index contributed by atoms with van der Waals surface area (Å²) in [5.74, 6) is -2.20. The molecule has 6 heteroatoms. The van der Waals surface area contributed by atoms with Gasteiger partial charge in [-0.1, -0.05) is 0 Å². The second-order valence-corrected chi connectivity index (χ2v) is 1.88. The molecule has 0 fully saturated rings. The van der Waals surface area contributed by atoms with Gasteiger partial charge in [-0.2, -0.15) is 0 Å². The van der Waals surface area contributed by atoms with Gasteiger partial charge in [0.15, 0.2) is 0 Å². The molecule has 1 atom stereocenters. The van der Waals surface area contributed by atoms with Crippen LogP contribution in [0.25, 0.3) is 0 Å². The molecule has 0 aliphatic rings. The average molecular weight is 175 g/mol. The Morgan fingerprint density at radius 1 is 1.36 bits per heavy atom. The number of carbonyl (C=O) groups is 2. The van der Waals surface area contributed by atoms with Crippen LogP contribution in [0, 0.1) is 0 Å². The Hall–Kier alpha value is -0.883. The summed E-state index contributed by atoms with van der Waals surface area (Å²) < 4.78 is 0. The lowest BCUT2D eigenvalue weighted by atomic mass is 10.2. The van der Waals surface area contributed by atoms with Crippen LogP contribution >= 0.6 is 0 Å². The van der Waals surface area contributed by atoms with Gasteiger partial charge in [0.25, 0.3) is 0 Å². The first-order valence-electron chi connectivity index (χ1n) is 2.74. The molecule has 0 amide bonds. The maximum absolute atomic E-state index is 9.99. The Labute approximate surface area is 68.2 Å². The summed E-state index contributed by atoms with van der Waals surface area (Å²) in [4.78, 5) is 19.9. The van der Waals surface area contributed by atoms with E-state index >= 15 is 0 Å². The van der Waals surface area contributed by atoms with Gasteiger partial charge in [-0.3, -0.25) is 9.59 Å². The molecular formula is C5H9NO4Si. The molecular weight excluding hydrogens is 166 g/mol. The first kappa shape index (κ1) is 12.8. The third kappa shape index (κ3) is 7.01. The Bertz CT molecular complexity index is 149. The molecule has 62 valence electrons. The fourth-order valence-corrected chi connectivity index (χ4v) is 0.402. The van der Waals surface area contributed by atoms with Crippen molar-refractivity contribution >= 4 is 22.9 Å². The first-order valence-corrected chi connectivity index (χ1v) is 2.74. The van der Waals surface area contributed by atoms with Crippen LogP contribution in [-0.2, 0) is 9.59 Å². The second kappa shape index (κ2) is 5.87. The van der Waals surface area contributed by atoms with E-state index in [4.69, 9.17) is 15.9 Å². The topological polar surface area (TPSA) is 101 Å². The van der Waals surface area contributed by atoms with Gasteiger partial charge < -0.3 is 15.9 Å². The van der Waals surface area contributed by atoms with Gasteiger partial charge in [-0.05, 0) is 6.42 Å². The summed E-state index contributed by atoms with van der Waals surface area (Å²) in [6.07, 6.45) is -0.224. The van der Waals surface area contributed by atoms with E-state index in [1.165, 1.54) is 0 Å². The molecule has 11 heavy (non-hydrogen) atoms. The molecule has 0 aromatic rings. The van der Waals surface area contributed by atoms with E-state index < -0.39 is 18.0 Å². The molecule has 0 saturated heterocycles. The molecule has 0 aliphatic heterocycles. The van der Waals surface area contributed by atoms with Crippen LogP contribution in [0.3, 0.4) is 0 Å². The van der Waals surface area contributed by atoms with Crippen molar-refractivity contribution in [2.24, 2.45) is 5.73 Å². The SMILES string of the molecule is N[C@@H](CCC(=O)O)C(=O)O.[Si]. The molecule has 0 bridgehead atoms. The van der Waals surface area contributed by atoms with E-state index in [2.05, 4.69) is 0 Å². The summed E-state index contributed by atoms with van der Waals surface area (Å²) in [6, 6.07) is -1.06. The van der Waals surface area contributed by atoms with E-state index in [9.17, 15) is 9.59 Å². The summed E-state index contributed by atoms with van der Waals surface area (Å²) >= 11 is 0. The molecule has 5 nitrogen and oxygen atoms in total. The van der Waals surface area contributed by atoms with Crippen molar-refractivity contribution < 1.29 is 19.8 Å². The van der Waals surface area contributed by atoms with Crippen molar-refractivity contribution in [2.45, 2.75) is 18.9 Å². The maximum atomic E-state index is 9.99. The molecule has 0 aliphatic carbocycles. The zero-order chi connectivity index (χ0) is 8.15. The summed E-state index contributed by atoms with van der Waals surface area (Å²) in [7, 11) is 0. The Morgan fingerprint density at radius 2 is 1.82 bits per heavy atom. The summed E-state index contributed by atoms with van der Waals surface area (Å²) in [6.45, 7) is 0. The first-order chi connectivity index (χ1) is 4.54. The molecule has 4 N–H and O–H groups in total. The second-order valence-electron chi connectivity index (χ2n) is 1.88. The van der Waals surface area contributed by atoms with Crippen LogP contribution < -0.4 is 5.73 Å². The number of rotatable bonds is 4. The molecule has 4 radical (unpaired) electrons. The fourth-order valence-electron chi connectivity index (χ4n) is 0.402. The minimum Gasteiger partial charge on any atom is -0.481 e. The van der Waals surface area contributed by atoms with Crippen molar-refractivity contribution in [3.05, 3.63) is 0 Å². The zero-order valence-electron chi connectivity index (χ0n) is 5.78. The number of hydrogen-bond acceptors (Lipinski definition) is 3. The van der Waals surface area contributed by atoms with Crippen LogP contribution in [0.2, 0.25) is 0 Å². The van der Waals surface area contributed by atoms with Gasteiger partial charge in [0.1, 0.15) is 6.04 Å². The van der Waals surface area contributed by atoms with Crippen molar-refractivity contribution in [3.63, 3.8) is 0 Å². The van der Waals surface area contributed by atoms with E-state index in [-0.39, 0.29) is 23.8 Å².